The van der Waals surface area contributed by atoms with Crippen molar-refractivity contribution < 1.29 is 19.1 Å². The molecule has 0 N–H and O–H groups in total. The van der Waals surface area contributed by atoms with Gasteiger partial charge in [0.15, 0.2) is 0 Å². The van der Waals surface area contributed by atoms with Crippen LogP contribution < -0.4 is 4.74 Å². The van der Waals surface area contributed by atoms with Crippen LogP contribution in [0.3, 0.4) is 0 Å². The molecule has 2 amide bonds. The molecule has 7 heteroatoms. The minimum absolute atomic E-state index is 0.129. The number of carbonyl (C=O) groups is 2. The van der Waals surface area contributed by atoms with Gasteiger partial charge in [-0.1, -0.05) is 18.2 Å². The van der Waals surface area contributed by atoms with Gasteiger partial charge < -0.3 is 19.3 Å². The standard InChI is InChI=1S/C20H27N3O4/c24-19(14-21-9-11-26-12-10-21)22-5-7-23(8-6-22)20(25)17-13-16-3-1-2-4-18(16)27-15-17/h1-4,17H,5-15H2. The van der Waals surface area contributed by atoms with Gasteiger partial charge in [0, 0.05) is 39.3 Å². The Balaban J connectivity index is 1.26. The number of nitrogens with zero attached hydrogens (tertiary/aromatic N) is 3. The SMILES string of the molecule is O=C(CN1CCOCC1)N1CCN(C(=O)C2COc3ccccc3C2)CC1. The maximum Gasteiger partial charge on any atom is 0.236 e. The number of amides is 2. The Labute approximate surface area is 159 Å². The Kier molecular flexibility index (Phi) is 5.59. The van der Waals surface area contributed by atoms with Gasteiger partial charge in [0.2, 0.25) is 11.8 Å². The van der Waals surface area contributed by atoms with E-state index in [2.05, 4.69) is 4.90 Å². The second kappa shape index (κ2) is 8.27. The van der Waals surface area contributed by atoms with Crippen molar-refractivity contribution in [1.29, 1.82) is 0 Å². The van der Waals surface area contributed by atoms with Crippen molar-refractivity contribution in [3.8, 4) is 5.75 Å². The third-order valence-corrected chi connectivity index (χ3v) is 5.63. The van der Waals surface area contributed by atoms with E-state index in [1.807, 2.05) is 34.1 Å². The van der Waals surface area contributed by atoms with Crippen LogP contribution in [0.2, 0.25) is 0 Å². The molecule has 146 valence electrons. The molecule has 3 aliphatic rings. The summed E-state index contributed by atoms with van der Waals surface area (Å²) < 4.78 is 11.1. The van der Waals surface area contributed by atoms with E-state index in [0.29, 0.717) is 52.5 Å². The van der Waals surface area contributed by atoms with E-state index in [1.54, 1.807) is 0 Å². The van der Waals surface area contributed by atoms with E-state index in [4.69, 9.17) is 9.47 Å². The van der Waals surface area contributed by atoms with Crippen LogP contribution in [0, 0.1) is 5.92 Å². The Morgan fingerprint density at radius 2 is 1.67 bits per heavy atom. The monoisotopic (exact) mass is 373 g/mol. The Morgan fingerprint density at radius 1 is 0.963 bits per heavy atom. The molecule has 0 bridgehead atoms. The molecule has 2 saturated heterocycles. The molecule has 1 aromatic rings. The molecule has 0 spiro atoms. The van der Waals surface area contributed by atoms with Gasteiger partial charge in [-0.15, -0.1) is 0 Å². The molecular weight excluding hydrogens is 346 g/mol. The lowest BCUT2D eigenvalue weighted by Gasteiger charge is -2.38. The molecule has 3 heterocycles. The average Bonchev–Trinajstić information content (AvgIpc) is 2.73. The molecule has 1 atom stereocenters. The number of piperazine rings is 1. The van der Waals surface area contributed by atoms with Crippen LogP contribution in [0.1, 0.15) is 5.56 Å². The van der Waals surface area contributed by atoms with Crippen molar-refractivity contribution in [2.75, 3.05) is 65.6 Å². The van der Waals surface area contributed by atoms with Gasteiger partial charge in [-0.2, -0.15) is 0 Å². The molecule has 27 heavy (non-hydrogen) atoms. The van der Waals surface area contributed by atoms with Crippen molar-refractivity contribution in [2.24, 2.45) is 5.92 Å². The summed E-state index contributed by atoms with van der Waals surface area (Å²) in [6.07, 6.45) is 0.727. The number of hydrogen-bond donors (Lipinski definition) is 0. The molecule has 4 rings (SSSR count). The highest BCUT2D eigenvalue weighted by atomic mass is 16.5. The minimum Gasteiger partial charge on any atom is -0.492 e. The molecule has 2 fully saturated rings. The fourth-order valence-electron chi connectivity index (χ4n) is 3.97. The zero-order chi connectivity index (χ0) is 18.6. The molecule has 0 aromatic heterocycles. The van der Waals surface area contributed by atoms with Crippen LogP contribution >= 0.6 is 0 Å². The first-order valence-corrected chi connectivity index (χ1v) is 9.78. The van der Waals surface area contributed by atoms with E-state index in [1.165, 1.54) is 0 Å². The second-order valence-electron chi connectivity index (χ2n) is 7.41. The first-order chi connectivity index (χ1) is 13.2. The Bertz CT molecular complexity index is 682. The fourth-order valence-corrected chi connectivity index (χ4v) is 3.97. The van der Waals surface area contributed by atoms with Crippen LogP contribution in [0.4, 0.5) is 0 Å². The van der Waals surface area contributed by atoms with E-state index >= 15 is 0 Å². The van der Waals surface area contributed by atoms with Gasteiger partial charge >= 0.3 is 0 Å². The average molecular weight is 373 g/mol. The molecule has 0 aliphatic carbocycles. The molecule has 1 unspecified atom stereocenters. The van der Waals surface area contributed by atoms with E-state index in [0.717, 1.165) is 30.8 Å². The lowest BCUT2D eigenvalue weighted by Crippen LogP contribution is -2.55. The summed E-state index contributed by atoms with van der Waals surface area (Å²) in [5.74, 6) is 1.05. The van der Waals surface area contributed by atoms with Gasteiger partial charge in [0.1, 0.15) is 12.4 Å². The lowest BCUT2D eigenvalue weighted by atomic mass is 9.95. The number of benzene rings is 1. The van der Waals surface area contributed by atoms with Gasteiger partial charge in [0.25, 0.3) is 0 Å². The summed E-state index contributed by atoms with van der Waals surface area (Å²) in [5, 5.41) is 0. The topological polar surface area (TPSA) is 62.3 Å². The van der Waals surface area contributed by atoms with Crippen LogP contribution in [0.5, 0.6) is 5.75 Å². The number of rotatable bonds is 3. The number of ether oxygens (including phenoxy) is 2. The van der Waals surface area contributed by atoms with Crippen LogP contribution in [0.15, 0.2) is 24.3 Å². The number of para-hydroxylation sites is 1. The van der Waals surface area contributed by atoms with Crippen molar-refractivity contribution in [2.45, 2.75) is 6.42 Å². The highest BCUT2D eigenvalue weighted by molar-refractivity contribution is 5.81. The quantitative estimate of drug-likeness (QED) is 0.760. The summed E-state index contributed by atoms with van der Waals surface area (Å²) in [7, 11) is 0. The molecule has 3 aliphatic heterocycles. The van der Waals surface area contributed by atoms with Crippen LogP contribution in [-0.4, -0.2) is 92.1 Å². The molecule has 0 saturated carbocycles. The zero-order valence-corrected chi connectivity index (χ0v) is 15.6. The summed E-state index contributed by atoms with van der Waals surface area (Å²) >= 11 is 0. The Morgan fingerprint density at radius 3 is 2.44 bits per heavy atom. The fraction of sp³-hybridized carbons (Fsp3) is 0.600. The van der Waals surface area contributed by atoms with Crippen molar-refractivity contribution in [3.05, 3.63) is 29.8 Å². The van der Waals surface area contributed by atoms with Gasteiger partial charge in [-0.25, -0.2) is 0 Å². The summed E-state index contributed by atoms with van der Waals surface area (Å²) in [6.45, 7) is 6.33. The summed E-state index contributed by atoms with van der Waals surface area (Å²) in [4.78, 5) is 31.3. The molecule has 7 nitrogen and oxygen atoms in total. The summed E-state index contributed by atoms with van der Waals surface area (Å²) in [6, 6.07) is 7.91. The number of morpholine rings is 1. The first kappa shape index (κ1) is 18.3. The smallest absolute Gasteiger partial charge is 0.236 e. The third kappa shape index (κ3) is 4.25. The number of carbonyl (C=O) groups excluding carboxylic acids is 2. The minimum atomic E-state index is -0.129. The highest BCUT2D eigenvalue weighted by Crippen LogP contribution is 2.28. The van der Waals surface area contributed by atoms with Crippen molar-refractivity contribution in [1.82, 2.24) is 14.7 Å². The number of hydrogen-bond acceptors (Lipinski definition) is 5. The zero-order valence-electron chi connectivity index (χ0n) is 15.6. The summed E-state index contributed by atoms with van der Waals surface area (Å²) in [5.41, 5.74) is 1.10. The maximum atomic E-state index is 12.9. The lowest BCUT2D eigenvalue weighted by molar-refractivity contribution is -0.143. The van der Waals surface area contributed by atoms with E-state index < -0.39 is 0 Å². The van der Waals surface area contributed by atoms with Crippen LogP contribution in [-0.2, 0) is 20.7 Å². The second-order valence-corrected chi connectivity index (χ2v) is 7.41. The highest BCUT2D eigenvalue weighted by Gasteiger charge is 2.32. The largest absolute Gasteiger partial charge is 0.492 e. The van der Waals surface area contributed by atoms with Crippen LogP contribution in [0.25, 0.3) is 0 Å². The number of fused-ring (bicyclic) bond motifs is 1. The van der Waals surface area contributed by atoms with Crippen molar-refractivity contribution >= 4 is 11.8 Å². The van der Waals surface area contributed by atoms with E-state index in [9.17, 15) is 9.59 Å². The van der Waals surface area contributed by atoms with Crippen molar-refractivity contribution in [3.63, 3.8) is 0 Å². The predicted octanol–water partition coefficient (Wildman–Crippen LogP) is 0.241. The predicted molar refractivity (Wildman–Crippen MR) is 99.6 cm³/mol. The first-order valence-electron chi connectivity index (χ1n) is 9.78. The molecular formula is C20H27N3O4. The molecule has 0 radical (unpaired) electrons. The van der Waals surface area contributed by atoms with Gasteiger partial charge in [-0.05, 0) is 18.1 Å². The maximum absolute atomic E-state index is 12.9. The van der Waals surface area contributed by atoms with Gasteiger partial charge in [0.05, 0.1) is 25.7 Å². The van der Waals surface area contributed by atoms with Gasteiger partial charge in [-0.3, -0.25) is 14.5 Å². The third-order valence-electron chi connectivity index (χ3n) is 5.63. The Hall–Kier alpha value is -2.12. The normalized spacial score (nSPS) is 23.5. The van der Waals surface area contributed by atoms with E-state index in [-0.39, 0.29) is 17.7 Å². The molecule has 1 aromatic carbocycles.